The molecule has 78 valence electrons. The lowest BCUT2D eigenvalue weighted by atomic mass is 10.1. The van der Waals surface area contributed by atoms with E-state index in [2.05, 4.69) is 10.3 Å². The summed E-state index contributed by atoms with van der Waals surface area (Å²) in [5.74, 6) is 0. The second-order valence-corrected chi connectivity index (χ2v) is 3.33. The Morgan fingerprint density at radius 1 is 0.875 bits per heavy atom. The number of benzene rings is 1. The van der Waals surface area contributed by atoms with Crippen LogP contribution in [-0.2, 0) is 0 Å². The van der Waals surface area contributed by atoms with Gasteiger partial charge in [-0.15, -0.1) is 0 Å². The van der Waals surface area contributed by atoms with Crippen LogP contribution in [0.2, 0.25) is 0 Å². The molecule has 0 spiro atoms. The first-order valence-corrected chi connectivity index (χ1v) is 4.86. The van der Waals surface area contributed by atoms with E-state index < -0.39 is 0 Å². The zero-order valence-electron chi connectivity index (χ0n) is 8.33. The van der Waals surface area contributed by atoms with Gasteiger partial charge in [0.05, 0.1) is 5.56 Å². The molecule has 0 amide bonds. The van der Waals surface area contributed by atoms with Crippen molar-refractivity contribution in [2.75, 3.05) is 0 Å². The highest BCUT2D eigenvalue weighted by molar-refractivity contribution is 5.77. The Morgan fingerprint density at radius 2 is 1.75 bits per heavy atom. The van der Waals surface area contributed by atoms with Crippen LogP contribution in [0.4, 0.5) is 0 Å². The first-order valence-electron chi connectivity index (χ1n) is 4.86. The minimum atomic E-state index is 0.722. The molecule has 0 radical (unpaired) electrons. The van der Waals surface area contributed by atoms with Crippen LogP contribution in [0.15, 0.2) is 58.0 Å². The zero-order valence-corrected chi connectivity index (χ0v) is 8.33. The van der Waals surface area contributed by atoms with Crippen LogP contribution in [0.1, 0.15) is 0 Å². The zero-order chi connectivity index (χ0) is 10.8. The van der Waals surface area contributed by atoms with Crippen LogP contribution in [0, 0.1) is 0 Å². The van der Waals surface area contributed by atoms with Crippen molar-refractivity contribution >= 4 is 0 Å². The molecule has 0 aliphatic carbocycles. The van der Waals surface area contributed by atoms with Gasteiger partial charge >= 0.3 is 0 Å². The number of hydrogen-bond donors (Lipinski definition) is 0. The average Bonchev–Trinajstić information content (AvgIpc) is 3.01. The van der Waals surface area contributed by atoms with Gasteiger partial charge in [0, 0.05) is 11.6 Å². The molecule has 0 aliphatic rings. The van der Waals surface area contributed by atoms with E-state index >= 15 is 0 Å². The maximum atomic E-state index is 4.99. The summed E-state index contributed by atoms with van der Waals surface area (Å²) in [4.78, 5) is 0. The van der Waals surface area contributed by atoms with Crippen LogP contribution < -0.4 is 0 Å². The van der Waals surface area contributed by atoms with E-state index in [1.54, 1.807) is 12.3 Å². The van der Waals surface area contributed by atoms with Crippen molar-refractivity contribution in [3.63, 3.8) is 0 Å². The van der Waals surface area contributed by atoms with Gasteiger partial charge in [-0.25, -0.2) is 0 Å². The molecule has 1 aromatic carbocycles. The van der Waals surface area contributed by atoms with Crippen LogP contribution in [0.5, 0.6) is 0 Å². The van der Waals surface area contributed by atoms with E-state index in [-0.39, 0.29) is 0 Å². The molecule has 0 saturated carbocycles. The Hall–Kier alpha value is -2.36. The molecular weight excluding hydrogens is 204 g/mol. The van der Waals surface area contributed by atoms with Gasteiger partial charge in [-0.2, -0.15) is 0 Å². The largest absolute Gasteiger partial charge is 0.364 e. The Bertz CT molecular complexity index is 570. The summed E-state index contributed by atoms with van der Waals surface area (Å²) in [6.45, 7) is 0. The summed E-state index contributed by atoms with van der Waals surface area (Å²) >= 11 is 0. The fourth-order valence-electron chi connectivity index (χ4n) is 1.57. The highest BCUT2D eigenvalue weighted by Crippen LogP contribution is 2.29. The molecule has 16 heavy (non-hydrogen) atoms. The molecule has 0 unspecified atom stereocenters. The molecule has 0 saturated heterocycles. The number of nitrogens with zero attached hydrogens (tertiary/aromatic N) is 2. The SMILES string of the molecule is c1ccc(-c2nocc2-c2ccon2)cc1. The standard InChI is InChI=1S/C12H8N2O2/c1-2-4-9(5-3-1)12-10(8-16-14-12)11-6-7-15-13-11/h1-8H. The Kier molecular flexibility index (Phi) is 2.04. The predicted octanol–water partition coefficient (Wildman–Crippen LogP) is 3.00. The lowest BCUT2D eigenvalue weighted by Gasteiger charge is -1.96. The minimum absolute atomic E-state index is 0.722. The third-order valence-electron chi connectivity index (χ3n) is 2.33. The van der Waals surface area contributed by atoms with Crippen molar-refractivity contribution in [3.8, 4) is 22.5 Å². The fourth-order valence-corrected chi connectivity index (χ4v) is 1.57. The first kappa shape index (κ1) is 8.91. The monoisotopic (exact) mass is 212 g/mol. The van der Waals surface area contributed by atoms with E-state index in [9.17, 15) is 0 Å². The first-order chi connectivity index (χ1) is 7.95. The van der Waals surface area contributed by atoms with Gasteiger partial charge in [-0.1, -0.05) is 40.6 Å². The summed E-state index contributed by atoms with van der Waals surface area (Å²) < 4.78 is 9.80. The second kappa shape index (κ2) is 3.66. The van der Waals surface area contributed by atoms with Gasteiger partial charge in [0.1, 0.15) is 23.9 Å². The number of hydrogen-bond acceptors (Lipinski definition) is 4. The summed E-state index contributed by atoms with van der Waals surface area (Å²) in [6, 6.07) is 11.6. The van der Waals surface area contributed by atoms with Crippen molar-refractivity contribution in [2.45, 2.75) is 0 Å². The summed E-state index contributed by atoms with van der Waals surface area (Å²) in [5.41, 5.74) is 3.32. The maximum absolute atomic E-state index is 4.99. The van der Waals surface area contributed by atoms with E-state index in [1.807, 2.05) is 30.3 Å². The minimum Gasteiger partial charge on any atom is -0.364 e. The maximum Gasteiger partial charge on any atom is 0.134 e. The highest BCUT2D eigenvalue weighted by atomic mass is 16.5. The normalized spacial score (nSPS) is 10.5. The van der Waals surface area contributed by atoms with E-state index in [0.29, 0.717) is 0 Å². The summed E-state index contributed by atoms with van der Waals surface area (Å²) in [5, 5.41) is 7.86. The topological polar surface area (TPSA) is 52.1 Å². The third-order valence-corrected chi connectivity index (χ3v) is 2.33. The van der Waals surface area contributed by atoms with Gasteiger partial charge < -0.3 is 9.05 Å². The summed E-state index contributed by atoms with van der Waals surface area (Å²) in [7, 11) is 0. The summed E-state index contributed by atoms with van der Waals surface area (Å²) in [6.07, 6.45) is 3.09. The molecule has 0 N–H and O–H groups in total. The van der Waals surface area contributed by atoms with Crippen molar-refractivity contribution in [1.82, 2.24) is 10.3 Å². The second-order valence-electron chi connectivity index (χ2n) is 3.33. The molecule has 0 atom stereocenters. The van der Waals surface area contributed by atoms with Crippen molar-refractivity contribution < 1.29 is 9.05 Å². The van der Waals surface area contributed by atoms with Gasteiger partial charge in [0.2, 0.25) is 0 Å². The van der Waals surface area contributed by atoms with Crippen LogP contribution >= 0.6 is 0 Å². The lowest BCUT2D eigenvalue weighted by Crippen LogP contribution is -1.81. The molecule has 3 rings (SSSR count). The smallest absolute Gasteiger partial charge is 0.134 e. The quantitative estimate of drug-likeness (QED) is 0.655. The lowest BCUT2D eigenvalue weighted by molar-refractivity contribution is 0.419. The van der Waals surface area contributed by atoms with E-state index in [0.717, 1.165) is 22.5 Å². The van der Waals surface area contributed by atoms with E-state index in [1.165, 1.54) is 6.26 Å². The van der Waals surface area contributed by atoms with Crippen LogP contribution in [0.3, 0.4) is 0 Å². The predicted molar refractivity (Wildman–Crippen MR) is 57.4 cm³/mol. The molecule has 4 nitrogen and oxygen atoms in total. The van der Waals surface area contributed by atoms with Gasteiger partial charge in [-0.3, -0.25) is 0 Å². The molecule has 2 heterocycles. The fraction of sp³-hybridized carbons (Fsp3) is 0. The van der Waals surface area contributed by atoms with Gasteiger partial charge in [0.25, 0.3) is 0 Å². The molecule has 0 fully saturated rings. The Balaban J connectivity index is 2.14. The molecule has 4 heteroatoms. The molecular formula is C12H8N2O2. The van der Waals surface area contributed by atoms with Gasteiger partial charge in [-0.05, 0) is 0 Å². The molecule has 0 aliphatic heterocycles. The Morgan fingerprint density at radius 3 is 2.50 bits per heavy atom. The van der Waals surface area contributed by atoms with Crippen LogP contribution in [-0.4, -0.2) is 10.3 Å². The Labute approximate surface area is 91.5 Å². The van der Waals surface area contributed by atoms with Crippen molar-refractivity contribution in [3.05, 3.63) is 48.9 Å². The number of rotatable bonds is 2. The third kappa shape index (κ3) is 1.40. The molecule has 0 bridgehead atoms. The highest BCUT2D eigenvalue weighted by Gasteiger charge is 2.13. The average molecular weight is 212 g/mol. The number of aromatic nitrogens is 2. The van der Waals surface area contributed by atoms with Gasteiger partial charge in [0.15, 0.2) is 0 Å². The molecule has 2 aromatic heterocycles. The van der Waals surface area contributed by atoms with Crippen molar-refractivity contribution in [2.24, 2.45) is 0 Å². The molecule has 3 aromatic rings. The van der Waals surface area contributed by atoms with Crippen molar-refractivity contribution in [1.29, 1.82) is 0 Å². The van der Waals surface area contributed by atoms with Crippen LogP contribution in [0.25, 0.3) is 22.5 Å². The van der Waals surface area contributed by atoms with E-state index in [4.69, 9.17) is 9.05 Å².